The van der Waals surface area contributed by atoms with Gasteiger partial charge in [0, 0.05) is 24.8 Å². The van der Waals surface area contributed by atoms with E-state index < -0.39 is 17.6 Å². The lowest BCUT2D eigenvalue weighted by Crippen LogP contribution is -2.56. The molecule has 178 valence electrons. The molecule has 0 aromatic heterocycles. The van der Waals surface area contributed by atoms with Crippen LogP contribution >= 0.6 is 11.8 Å². The maximum atomic E-state index is 12.6. The van der Waals surface area contributed by atoms with E-state index in [1.54, 1.807) is 4.90 Å². The van der Waals surface area contributed by atoms with E-state index in [1.807, 2.05) is 31.2 Å². The number of fused-ring (bicyclic) bond motifs is 4. The lowest BCUT2D eigenvalue weighted by Gasteiger charge is -2.42. The van der Waals surface area contributed by atoms with Gasteiger partial charge in [-0.05, 0) is 40.5 Å². The first-order valence-electron chi connectivity index (χ1n) is 11.5. The first-order chi connectivity index (χ1) is 16.3. The number of ether oxygens (including phenoxy) is 1. The second-order valence-electron chi connectivity index (χ2n) is 9.79. The molecule has 6 rings (SSSR count). The summed E-state index contributed by atoms with van der Waals surface area (Å²) in [7, 11) is 0. The van der Waals surface area contributed by atoms with Crippen LogP contribution in [0.5, 0.6) is 0 Å². The Balaban J connectivity index is 1.05. The summed E-state index contributed by atoms with van der Waals surface area (Å²) in [5, 5.41) is 12.3. The summed E-state index contributed by atoms with van der Waals surface area (Å²) in [5.74, 6) is -0.286. The zero-order valence-electron chi connectivity index (χ0n) is 19.1. The van der Waals surface area contributed by atoms with Crippen LogP contribution in [0.4, 0.5) is 4.79 Å². The van der Waals surface area contributed by atoms with Crippen molar-refractivity contribution in [3.05, 3.63) is 59.7 Å². The van der Waals surface area contributed by atoms with Crippen LogP contribution in [-0.2, 0) is 14.3 Å². The molecular formula is C26H28N2O5S. The minimum atomic E-state index is -1.01. The molecule has 2 heterocycles. The van der Waals surface area contributed by atoms with Crippen molar-refractivity contribution in [2.45, 2.75) is 31.2 Å². The van der Waals surface area contributed by atoms with Crippen LogP contribution in [-0.4, -0.2) is 64.7 Å². The molecule has 2 saturated heterocycles. The Kier molecular flexibility index (Phi) is 5.80. The Labute approximate surface area is 202 Å². The van der Waals surface area contributed by atoms with E-state index in [4.69, 9.17) is 4.74 Å². The van der Waals surface area contributed by atoms with E-state index in [2.05, 4.69) is 29.6 Å². The van der Waals surface area contributed by atoms with Crippen molar-refractivity contribution in [1.82, 2.24) is 10.2 Å². The predicted octanol–water partition coefficient (Wildman–Crippen LogP) is 3.72. The molecular weight excluding hydrogens is 452 g/mol. The molecule has 0 unspecified atom stereocenters. The van der Waals surface area contributed by atoms with Crippen LogP contribution in [0.3, 0.4) is 0 Å². The number of nitrogens with zero attached hydrogens (tertiary/aromatic N) is 1. The van der Waals surface area contributed by atoms with Crippen LogP contribution in [0.2, 0.25) is 0 Å². The van der Waals surface area contributed by atoms with Gasteiger partial charge in [-0.2, -0.15) is 11.8 Å². The standard InChI is InChI=1S/C26H28N2O5S/c1-25-14-26(15-25,23(30)31)28(16-25)22(29)13-34-11-10-27-24(32)33-12-21-19-8-4-2-6-17(19)18-7-3-5-9-20(18)21/h2-9,21H,10-16H2,1H3,(H,27,32)(H,30,31). The van der Waals surface area contributed by atoms with Crippen molar-refractivity contribution < 1.29 is 24.2 Å². The average Bonchev–Trinajstić information content (AvgIpc) is 3.41. The number of alkyl carbamates (subject to hydrolysis) is 1. The highest BCUT2D eigenvalue weighted by molar-refractivity contribution is 7.99. The zero-order valence-corrected chi connectivity index (χ0v) is 19.9. The summed E-state index contributed by atoms with van der Waals surface area (Å²) in [6.07, 6.45) is 0.594. The SMILES string of the molecule is CC12CN(C(=O)CSCCNC(=O)OCC3c4ccccc4-c4ccccc43)C(C(=O)O)(C1)C2. The highest BCUT2D eigenvalue weighted by atomic mass is 32.2. The molecule has 3 fully saturated rings. The van der Waals surface area contributed by atoms with Crippen molar-refractivity contribution in [3.8, 4) is 11.1 Å². The number of hydrogen-bond acceptors (Lipinski definition) is 5. The number of carbonyl (C=O) groups is 3. The van der Waals surface area contributed by atoms with Crippen LogP contribution in [0.25, 0.3) is 11.1 Å². The van der Waals surface area contributed by atoms with Crippen molar-refractivity contribution in [1.29, 1.82) is 0 Å². The Hall–Kier alpha value is -3.00. The number of amides is 2. The summed E-state index contributed by atoms with van der Waals surface area (Å²) in [6.45, 7) is 3.18. The number of rotatable bonds is 8. The molecule has 2 aliphatic carbocycles. The monoisotopic (exact) mass is 480 g/mol. The van der Waals surface area contributed by atoms with Crippen LogP contribution in [0.1, 0.15) is 36.8 Å². The van der Waals surface area contributed by atoms with E-state index in [0.717, 1.165) is 0 Å². The second-order valence-corrected chi connectivity index (χ2v) is 10.9. The number of carbonyl (C=O) groups excluding carboxylic acids is 2. The van der Waals surface area contributed by atoms with Crippen molar-refractivity contribution in [2.75, 3.05) is 31.2 Å². The molecule has 2 N–H and O–H groups in total. The van der Waals surface area contributed by atoms with Crippen molar-refractivity contribution in [2.24, 2.45) is 5.41 Å². The lowest BCUT2D eigenvalue weighted by atomic mass is 9.63. The lowest BCUT2D eigenvalue weighted by molar-refractivity contribution is -0.159. The van der Waals surface area contributed by atoms with Gasteiger partial charge in [-0.1, -0.05) is 55.5 Å². The number of benzene rings is 2. The Morgan fingerprint density at radius 1 is 1.09 bits per heavy atom. The molecule has 0 radical (unpaired) electrons. The van der Waals surface area contributed by atoms with Crippen molar-refractivity contribution in [3.63, 3.8) is 0 Å². The number of thioether (sulfide) groups is 1. The fourth-order valence-corrected chi connectivity index (χ4v) is 6.62. The van der Waals surface area contributed by atoms with E-state index in [-0.39, 0.29) is 29.6 Å². The number of hydrogen-bond donors (Lipinski definition) is 2. The molecule has 2 amide bonds. The topological polar surface area (TPSA) is 95.9 Å². The van der Waals surface area contributed by atoms with Crippen LogP contribution in [0, 0.1) is 5.41 Å². The summed E-state index contributed by atoms with van der Waals surface area (Å²) in [6, 6.07) is 16.4. The maximum absolute atomic E-state index is 12.6. The molecule has 1 saturated carbocycles. The Bertz CT molecular complexity index is 1100. The Morgan fingerprint density at radius 3 is 2.32 bits per heavy atom. The highest BCUT2D eigenvalue weighted by Crippen LogP contribution is 2.59. The van der Waals surface area contributed by atoms with Gasteiger partial charge >= 0.3 is 12.1 Å². The van der Waals surface area contributed by atoms with Crippen LogP contribution in [0.15, 0.2) is 48.5 Å². The molecule has 2 aromatic carbocycles. The molecule has 0 atom stereocenters. The van der Waals surface area contributed by atoms with Crippen LogP contribution < -0.4 is 5.32 Å². The molecule has 34 heavy (non-hydrogen) atoms. The third kappa shape index (κ3) is 3.83. The van der Waals surface area contributed by atoms with Gasteiger partial charge in [-0.25, -0.2) is 9.59 Å². The Morgan fingerprint density at radius 2 is 1.71 bits per heavy atom. The number of carboxylic acid groups (broad SMARTS) is 1. The van der Waals surface area contributed by atoms with Gasteiger partial charge in [0.25, 0.3) is 0 Å². The van der Waals surface area contributed by atoms with E-state index >= 15 is 0 Å². The molecule has 4 aliphatic rings. The van der Waals surface area contributed by atoms with Gasteiger partial charge in [-0.3, -0.25) is 4.79 Å². The molecule has 7 nitrogen and oxygen atoms in total. The smallest absolute Gasteiger partial charge is 0.407 e. The summed E-state index contributed by atoms with van der Waals surface area (Å²) in [5.41, 5.74) is 3.62. The molecule has 2 bridgehead atoms. The van der Waals surface area contributed by atoms with Gasteiger partial charge in [0.2, 0.25) is 5.91 Å². The highest BCUT2D eigenvalue weighted by Gasteiger charge is 2.68. The van der Waals surface area contributed by atoms with Gasteiger partial charge in [0.15, 0.2) is 0 Å². The summed E-state index contributed by atoms with van der Waals surface area (Å²) >= 11 is 1.39. The number of carboxylic acids is 1. The average molecular weight is 481 g/mol. The van der Waals surface area contributed by atoms with E-state index in [9.17, 15) is 19.5 Å². The quantitative estimate of drug-likeness (QED) is 0.559. The minimum Gasteiger partial charge on any atom is -0.479 e. The first-order valence-corrected chi connectivity index (χ1v) is 12.7. The normalized spacial score (nSPS) is 24.2. The fraction of sp³-hybridized carbons (Fsp3) is 0.423. The number of aliphatic carboxylic acids is 1. The number of nitrogens with one attached hydrogen (secondary N) is 1. The maximum Gasteiger partial charge on any atom is 0.407 e. The van der Waals surface area contributed by atoms with Gasteiger partial charge < -0.3 is 20.1 Å². The summed E-state index contributed by atoms with van der Waals surface area (Å²) in [4.78, 5) is 38.1. The second kappa shape index (κ2) is 8.65. The van der Waals surface area contributed by atoms with Crippen molar-refractivity contribution >= 4 is 29.7 Å². The molecule has 8 heteroatoms. The molecule has 2 aromatic rings. The fourth-order valence-electron chi connectivity index (χ4n) is 5.90. The predicted molar refractivity (Wildman–Crippen MR) is 130 cm³/mol. The molecule has 2 aliphatic heterocycles. The first kappa shape index (κ1) is 22.8. The van der Waals surface area contributed by atoms with Gasteiger partial charge in [-0.15, -0.1) is 0 Å². The third-order valence-electron chi connectivity index (χ3n) is 7.28. The van der Waals surface area contributed by atoms with Gasteiger partial charge in [0.1, 0.15) is 12.1 Å². The van der Waals surface area contributed by atoms with E-state index in [1.165, 1.54) is 34.0 Å². The largest absolute Gasteiger partial charge is 0.479 e. The van der Waals surface area contributed by atoms with Gasteiger partial charge in [0.05, 0.1) is 5.75 Å². The third-order valence-corrected chi connectivity index (χ3v) is 8.22. The minimum absolute atomic E-state index is 0.0141. The van der Waals surface area contributed by atoms with E-state index in [0.29, 0.717) is 31.7 Å². The molecule has 0 spiro atoms. The zero-order chi connectivity index (χ0) is 23.9. The summed E-state index contributed by atoms with van der Waals surface area (Å²) < 4.78 is 5.52.